The van der Waals surface area contributed by atoms with Crippen LogP contribution in [0.5, 0.6) is 0 Å². The van der Waals surface area contributed by atoms with Gasteiger partial charge in [-0.3, -0.25) is 4.79 Å². The third kappa shape index (κ3) is 5.12. The lowest BCUT2D eigenvalue weighted by molar-refractivity contribution is -0.133. The molecule has 0 saturated carbocycles. The van der Waals surface area contributed by atoms with Crippen molar-refractivity contribution in [1.82, 2.24) is 9.62 Å². The molecule has 2 rings (SSSR count). The molecule has 0 fully saturated rings. The predicted octanol–water partition coefficient (Wildman–Crippen LogP) is 2.93. The monoisotopic (exact) mass is 378 g/mol. The second-order valence-corrected chi connectivity index (χ2v) is 7.70. The van der Waals surface area contributed by atoms with E-state index in [1.165, 1.54) is 25.1 Å². The van der Waals surface area contributed by atoms with E-state index >= 15 is 0 Å². The van der Waals surface area contributed by atoms with Gasteiger partial charge in [-0.1, -0.05) is 49.4 Å². The number of carbonyl (C=O) groups excluding carboxylic acids is 1. The van der Waals surface area contributed by atoms with E-state index in [9.17, 15) is 17.6 Å². The van der Waals surface area contributed by atoms with Gasteiger partial charge in [0.25, 0.3) is 0 Å². The molecule has 0 bridgehead atoms. The molecular formula is C19H23FN2O3S. The smallest absolute Gasteiger partial charge is 0.244 e. The topological polar surface area (TPSA) is 66.5 Å². The highest BCUT2D eigenvalue weighted by Gasteiger charge is 2.27. The molecule has 1 amide bonds. The molecule has 7 heteroatoms. The van der Waals surface area contributed by atoms with Crippen LogP contribution in [0.2, 0.25) is 0 Å². The fraction of sp³-hybridized carbons (Fsp3) is 0.316. The number of sulfonamides is 1. The Kier molecular flexibility index (Phi) is 6.88. The predicted molar refractivity (Wildman–Crippen MR) is 98.3 cm³/mol. The summed E-state index contributed by atoms with van der Waals surface area (Å²) in [5.41, 5.74) is 0.957. The highest BCUT2D eigenvalue weighted by atomic mass is 32.2. The number of benzene rings is 2. The van der Waals surface area contributed by atoms with Gasteiger partial charge in [0.15, 0.2) is 0 Å². The first-order valence-corrected chi connectivity index (χ1v) is 9.93. The fourth-order valence-electron chi connectivity index (χ4n) is 2.62. The quantitative estimate of drug-likeness (QED) is 0.768. The van der Waals surface area contributed by atoms with Crippen molar-refractivity contribution in [3.05, 3.63) is 66.0 Å². The number of rotatable bonds is 8. The van der Waals surface area contributed by atoms with Crippen LogP contribution in [0.3, 0.4) is 0 Å². The Labute approximate surface area is 153 Å². The minimum absolute atomic E-state index is 0.351. The Hall–Kier alpha value is -2.25. The molecule has 1 N–H and O–H groups in total. The van der Waals surface area contributed by atoms with Crippen molar-refractivity contribution in [2.75, 3.05) is 6.54 Å². The summed E-state index contributed by atoms with van der Waals surface area (Å²) in [5.74, 6) is -1.20. The minimum Gasteiger partial charge on any atom is -0.337 e. The summed E-state index contributed by atoms with van der Waals surface area (Å²) < 4.78 is 40.8. The first-order valence-electron chi connectivity index (χ1n) is 8.44. The van der Waals surface area contributed by atoms with Gasteiger partial charge < -0.3 is 4.90 Å². The molecule has 0 radical (unpaired) electrons. The van der Waals surface area contributed by atoms with Crippen LogP contribution < -0.4 is 4.72 Å². The van der Waals surface area contributed by atoms with E-state index in [1.54, 1.807) is 4.90 Å². The molecule has 0 aliphatic carbocycles. The number of carbonyl (C=O) groups is 1. The van der Waals surface area contributed by atoms with Crippen LogP contribution in [0.4, 0.5) is 4.39 Å². The number of nitrogens with zero attached hydrogens (tertiary/aromatic N) is 1. The van der Waals surface area contributed by atoms with E-state index in [1.807, 2.05) is 37.3 Å². The Morgan fingerprint density at radius 2 is 1.73 bits per heavy atom. The second-order valence-electron chi connectivity index (χ2n) is 6.02. The zero-order chi connectivity index (χ0) is 19.2. The van der Waals surface area contributed by atoms with Crippen LogP contribution in [-0.4, -0.2) is 31.8 Å². The molecule has 2 aromatic carbocycles. The summed E-state index contributed by atoms with van der Waals surface area (Å²) in [6, 6.07) is 13.5. The maximum atomic E-state index is 13.8. The van der Waals surface area contributed by atoms with Gasteiger partial charge in [0.1, 0.15) is 10.7 Å². The summed E-state index contributed by atoms with van der Waals surface area (Å²) >= 11 is 0. The van der Waals surface area contributed by atoms with Gasteiger partial charge >= 0.3 is 0 Å². The normalized spacial score (nSPS) is 12.6. The molecule has 2 aromatic rings. The van der Waals surface area contributed by atoms with E-state index in [-0.39, 0.29) is 5.91 Å². The molecule has 0 spiro atoms. The highest BCUT2D eigenvalue weighted by molar-refractivity contribution is 7.89. The van der Waals surface area contributed by atoms with Crippen LogP contribution in [0.25, 0.3) is 0 Å². The van der Waals surface area contributed by atoms with Crippen molar-refractivity contribution in [2.24, 2.45) is 0 Å². The van der Waals surface area contributed by atoms with Crippen LogP contribution in [0.15, 0.2) is 59.5 Å². The second kappa shape index (κ2) is 8.91. The number of amides is 1. The van der Waals surface area contributed by atoms with E-state index < -0.39 is 26.8 Å². The van der Waals surface area contributed by atoms with E-state index in [4.69, 9.17) is 0 Å². The van der Waals surface area contributed by atoms with Gasteiger partial charge in [-0.2, -0.15) is 4.72 Å². The van der Waals surface area contributed by atoms with Crippen molar-refractivity contribution in [3.63, 3.8) is 0 Å². The van der Waals surface area contributed by atoms with E-state index in [0.717, 1.165) is 18.1 Å². The molecule has 1 atom stereocenters. The Bertz CT molecular complexity index is 841. The van der Waals surface area contributed by atoms with Crippen LogP contribution in [-0.2, 0) is 21.4 Å². The maximum absolute atomic E-state index is 13.8. The lowest BCUT2D eigenvalue weighted by Gasteiger charge is -2.26. The SMILES string of the molecule is CCCN(Cc1ccccc1)C(=O)[C@H](C)NS(=O)(=O)c1ccccc1F. The third-order valence-corrected chi connectivity index (χ3v) is 5.42. The molecule has 0 aliphatic rings. The zero-order valence-electron chi connectivity index (χ0n) is 14.9. The van der Waals surface area contributed by atoms with Crippen LogP contribution in [0.1, 0.15) is 25.8 Å². The summed E-state index contributed by atoms with van der Waals surface area (Å²) in [6.45, 7) is 4.30. The third-order valence-electron chi connectivity index (χ3n) is 3.85. The number of nitrogens with one attached hydrogen (secondary N) is 1. The first-order chi connectivity index (χ1) is 12.3. The van der Waals surface area contributed by atoms with Crippen molar-refractivity contribution in [3.8, 4) is 0 Å². The standard InChI is InChI=1S/C19H23FN2O3S/c1-3-13-22(14-16-9-5-4-6-10-16)19(23)15(2)21-26(24,25)18-12-8-7-11-17(18)20/h4-12,15,21H,3,13-14H2,1-2H3/t15-/m0/s1. The van der Waals surface area contributed by atoms with Gasteiger partial charge in [-0.25, -0.2) is 12.8 Å². The number of halogens is 1. The van der Waals surface area contributed by atoms with Gasteiger partial charge in [-0.15, -0.1) is 0 Å². The average molecular weight is 378 g/mol. The van der Waals surface area contributed by atoms with Crippen LogP contribution >= 0.6 is 0 Å². The summed E-state index contributed by atoms with van der Waals surface area (Å²) in [5, 5.41) is 0. The zero-order valence-corrected chi connectivity index (χ0v) is 15.7. The Balaban J connectivity index is 2.14. The van der Waals surface area contributed by atoms with Crippen molar-refractivity contribution in [1.29, 1.82) is 0 Å². The lowest BCUT2D eigenvalue weighted by Crippen LogP contribution is -2.47. The molecule has 5 nitrogen and oxygen atoms in total. The molecule has 0 saturated heterocycles. The largest absolute Gasteiger partial charge is 0.337 e. The molecule has 0 heterocycles. The summed E-state index contributed by atoms with van der Waals surface area (Å²) in [6.07, 6.45) is 0.741. The number of hydrogen-bond donors (Lipinski definition) is 1. The maximum Gasteiger partial charge on any atom is 0.244 e. The summed E-state index contributed by atoms with van der Waals surface area (Å²) in [4.78, 5) is 13.9. The van der Waals surface area contributed by atoms with Gasteiger partial charge in [-0.05, 0) is 31.0 Å². The van der Waals surface area contributed by atoms with Gasteiger partial charge in [0.2, 0.25) is 15.9 Å². The van der Waals surface area contributed by atoms with Gasteiger partial charge in [0.05, 0.1) is 6.04 Å². The fourth-order valence-corrected chi connectivity index (χ4v) is 3.90. The van der Waals surface area contributed by atoms with Gasteiger partial charge in [0, 0.05) is 13.1 Å². The Morgan fingerprint density at radius 3 is 2.35 bits per heavy atom. The highest BCUT2D eigenvalue weighted by Crippen LogP contribution is 2.14. The molecule has 0 aromatic heterocycles. The van der Waals surface area contributed by atoms with E-state index in [0.29, 0.717) is 13.1 Å². The van der Waals surface area contributed by atoms with Crippen molar-refractivity contribution >= 4 is 15.9 Å². The lowest BCUT2D eigenvalue weighted by atomic mass is 10.2. The number of hydrogen-bond acceptors (Lipinski definition) is 3. The van der Waals surface area contributed by atoms with Crippen molar-refractivity contribution in [2.45, 2.75) is 37.8 Å². The Morgan fingerprint density at radius 1 is 1.12 bits per heavy atom. The molecule has 140 valence electrons. The van der Waals surface area contributed by atoms with Crippen molar-refractivity contribution < 1.29 is 17.6 Å². The molecule has 0 unspecified atom stereocenters. The molecule has 26 heavy (non-hydrogen) atoms. The summed E-state index contributed by atoms with van der Waals surface area (Å²) in [7, 11) is -4.13. The molecule has 0 aliphatic heterocycles. The first kappa shape index (κ1) is 20.1. The average Bonchev–Trinajstić information content (AvgIpc) is 2.61. The van der Waals surface area contributed by atoms with E-state index in [2.05, 4.69) is 4.72 Å². The minimum atomic E-state index is -4.13. The van der Waals surface area contributed by atoms with Crippen LogP contribution in [0, 0.1) is 5.82 Å². The molecular weight excluding hydrogens is 355 g/mol.